The molecule has 182 valence electrons. The highest BCUT2D eigenvalue weighted by atomic mass is 32.2. The van der Waals surface area contributed by atoms with Crippen LogP contribution in [-0.2, 0) is 22.9 Å². The fraction of sp³-hybridized carbons (Fsp3) is 0.185. The average Bonchev–Trinajstić information content (AvgIpc) is 3.46. The van der Waals surface area contributed by atoms with E-state index in [9.17, 15) is 13.2 Å². The number of aryl methyl sites for hydroxylation is 1. The van der Waals surface area contributed by atoms with Gasteiger partial charge in [0.15, 0.2) is 4.34 Å². The van der Waals surface area contributed by atoms with Crippen molar-refractivity contribution in [1.29, 1.82) is 0 Å². The number of carbonyl (C=O) groups is 1. The van der Waals surface area contributed by atoms with E-state index in [0.717, 1.165) is 45.0 Å². The lowest BCUT2D eigenvalue weighted by Gasteiger charge is -2.14. The van der Waals surface area contributed by atoms with E-state index in [1.807, 2.05) is 22.8 Å². The number of para-hydroxylation sites is 1. The number of fused-ring (bicyclic) bond motifs is 4. The highest BCUT2D eigenvalue weighted by Gasteiger charge is 2.23. The van der Waals surface area contributed by atoms with Crippen LogP contribution in [0, 0.1) is 0 Å². The van der Waals surface area contributed by atoms with Crippen LogP contribution in [0.2, 0.25) is 0 Å². The molecule has 2 heterocycles. The molecule has 0 spiro atoms. The molecule has 0 amide bonds. The first-order valence-corrected chi connectivity index (χ1v) is 15.0. The molecule has 0 saturated heterocycles. The fourth-order valence-electron chi connectivity index (χ4n) is 4.81. The fourth-order valence-corrected chi connectivity index (χ4v) is 7.84. The topological polar surface area (TPSA) is 81.1 Å². The summed E-state index contributed by atoms with van der Waals surface area (Å²) in [5.74, 6) is 0.355. The molecule has 0 radical (unpaired) electrons. The van der Waals surface area contributed by atoms with Gasteiger partial charge in [0.1, 0.15) is 0 Å². The minimum Gasteiger partial charge on any atom is -0.283 e. The van der Waals surface area contributed by atoms with Crippen LogP contribution in [0.4, 0.5) is 5.69 Å². The van der Waals surface area contributed by atoms with Gasteiger partial charge in [-0.2, -0.15) is 0 Å². The van der Waals surface area contributed by atoms with Crippen LogP contribution in [0.25, 0.3) is 21.1 Å². The molecule has 1 aliphatic rings. The molecule has 5 aromatic rings. The van der Waals surface area contributed by atoms with Crippen molar-refractivity contribution >= 4 is 65.8 Å². The SMILES string of the molecule is O=C(CSc1nc2ccc(NS(=O)(=O)c3ccccc3)cc2s1)n1c2c(c3ccccc31)CCCC2. The van der Waals surface area contributed by atoms with E-state index in [1.165, 1.54) is 40.5 Å². The van der Waals surface area contributed by atoms with E-state index in [0.29, 0.717) is 11.4 Å². The number of hydrogen-bond donors (Lipinski definition) is 1. The molecule has 1 N–H and O–H groups in total. The largest absolute Gasteiger partial charge is 0.283 e. The zero-order valence-electron chi connectivity index (χ0n) is 19.3. The number of anilines is 1. The maximum absolute atomic E-state index is 13.4. The highest BCUT2D eigenvalue weighted by molar-refractivity contribution is 8.01. The van der Waals surface area contributed by atoms with Crippen LogP contribution >= 0.6 is 23.1 Å². The van der Waals surface area contributed by atoms with E-state index in [4.69, 9.17) is 0 Å². The number of thioether (sulfide) groups is 1. The van der Waals surface area contributed by atoms with Gasteiger partial charge in [-0.25, -0.2) is 13.4 Å². The molecule has 0 atom stereocenters. The summed E-state index contributed by atoms with van der Waals surface area (Å²) in [6, 6.07) is 21.8. The lowest BCUT2D eigenvalue weighted by Crippen LogP contribution is -2.18. The van der Waals surface area contributed by atoms with Gasteiger partial charge in [0.2, 0.25) is 5.91 Å². The molecule has 6 rings (SSSR count). The van der Waals surface area contributed by atoms with Crippen molar-refractivity contribution in [1.82, 2.24) is 9.55 Å². The van der Waals surface area contributed by atoms with Gasteiger partial charge >= 0.3 is 0 Å². The van der Waals surface area contributed by atoms with Crippen molar-refractivity contribution in [2.24, 2.45) is 0 Å². The van der Waals surface area contributed by atoms with Crippen LogP contribution in [0.3, 0.4) is 0 Å². The number of carbonyl (C=O) groups excluding carboxylic acids is 1. The van der Waals surface area contributed by atoms with Crippen molar-refractivity contribution in [2.45, 2.75) is 34.9 Å². The van der Waals surface area contributed by atoms with Crippen LogP contribution < -0.4 is 4.72 Å². The van der Waals surface area contributed by atoms with Crippen molar-refractivity contribution in [2.75, 3.05) is 10.5 Å². The highest BCUT2D eigenvalue weighted by Crippen LogP contribution is 2.35. The quantitative estimate of drug-likeness (QED) is 0.257. The molecule has 9 heteroatoms. The standard InChI is InChI=1S/C27H23N3O3S3/c31-26(30-23-12-6-4-10-20(23)21-11-5-7-13-24(21)30)17-34-27-28-22-15-14-18(16-25(22)35-27)29-36(32,33)19-8-2-1-3-9-19/h1-4,6,8-10,12,14-16,29H,5,7,11,13,17H2. The number of nitrogens with zero attached hydrogens (tertiary/aromatic N) is 2. The summed E-state index contributed by atoms with van der Waals surface area (Å²) in [6.07, 6.45) is 4.23. The molecule has 1 aliphatic carbocycles. The summed E-state index contributed by atoms with van der Waals surface area (Å²) in [5, 5.41) is 1.19. The Morgan fingerprint density at radius 1 is 1.00 bits per heavy atom. The van der Waals surface area contributed by atoms with E-state index in [-0.39, 0.29) is 10.8 Å². The Bertz CT molecular complexity index is 1710. The van der Waals surface area contributed by atoms with Gasteiger partial charge in [-0.15, -0.1) is 11.3 Å². The molecule has 0 unspecified atom stereocenters. The van der Waals surface area contributed by atoms with Crippen LogP contribution in [0.1, 0.15) is 28.9 Å². The summed E-state index contributed by atoms with van der Waals surface area (Å²) < 4.78 is 31.5. The van der Waals surface area contributed by atoms with Gasteiger partial charge in [0, 0.05) is 11.1 Å². The number of sulfonamides is 1. The minimum atomic E-state index is -3.67. The van der Waals surface area contributed by atoms with Gasteiger partial charge in [0.05, 0.1) is 32.1 Å². The van der Waals surface area contributed by atoms with Crippen LogP contribution in [-0.4, -0.2) is 29.6 Å². The number of aromatic nitrogens is 2. The Balaban J connectivity index is 1.21. The average molecular weight is 534 g/mol. The molecule has 3 aromatic carbocycles. The van der Waals surface area contributed by atoms with Crippen molar-refractivity contribution in [3.8, 4) is 0 Å². The zero-order chi connectivity index (χ0) is 24.7. The van der Waals surface area contributed by atoms with E-state index in [1.54, 1.807) is 48.5 Å². The Labute approximate surface area is 217 Å². The third kappa shape index (κ3) is 4.31. The van der Waals surface area contributed by atoms with Crippen molar-refractivity contribution < 1.29 is 13.2 Å². The zero-order valence-corrected chi connectivity index (χ0v) is 21.8. The lowest BCUT2D eigenvalue weighted by atomic mass is 9.96. The second-order valence-electron chi connectivity index (χ2n) is 8.75. The number of nitrogens with one attached hydrogen (secondary N) is 1. The summed E-state index contributed by atoms with van der Waals surface area (Å²) in [6.45, 7) is 0. The van der Waals surface area contributed by atoms with Gasteiger partial charge in [0.25, 0.3) is 10.0 Å². The van der Waals surface area contributed by atoms with Gasteiger partial charge in [-0.3, -0.25) is 14.1 Å². The minimum absolute atomic E-state index is 0.0647. The first-order valence-electron chi connectivity index (χ1n) is 11.8. The first-order chi connectivity index (χ1) is 17.5. The Morgan fingerprint density at radius 3 is 2.64 bits per heavy atom. The molecule has 6 nitrogen and oxygen atoms in total. The number of hydrogen-bond acceptors (Lipinski definition) is 6. The third-order valence-corrected chi connectivity index (χ3v) is 9.96. The smallest absolute Gasteiger partial charge is 0.261 e. The van der Waals surface area contributed by atoms with Crippen LogP contribution in [0.5, 0.6) is 0 Å². The normalized spacial score (nSPS) is 13.7. The summed E-state index contributed by atoms with van der Waals surface area (Å²) in [5.41, 5.74) is 4.73. The molecule has 0 bridgehead atoms. The van der Waals surface area contributed by atoms with E-state index >= 15 is 0 Å². The van der Waals surface area contributed by atoms with Crippen molar-refractivity contribution in [3.63, 3.8) is 0 Å². The molecular formula is C27H23N3O3S3. The summed E-state index contributed by atoms with van der Waals surface area (Å²) >= 11 is 2.89. The Morgan fingerprint density at radius 2 is 1.78 bits per heavy atom. The monoisotopic (exact) mass is 533 g/mol. The second-order valence-corrected chi connectivity index (χ2v) is 12.7. The predicted octanol–water partition coefficient (Wildman–Crippen LogP) is 6.36. The van der Waals surface area contributed by atoms with E-state index < -0.39 is 10.0 Å². The lowest BCUT2D eigenvalue weighted by molar-refractivity contribution is 0.0943. The Hall–Kier alpha value is -3.14. The molecule has 36 heavy (non-hydrogen) atoms. The molecular weight excluding hydrogens is 511 g/mol. The summed E-state index contributed by atoms with van der Waals surface area (Å²) in [7, 11) is -3.67. The van der Waals surface area contributed by atoms with Crippen molar-refractivity contribution in [3.05, 3.63) is 84.1 Å². The maximum Gasteiger partial charge on any atom is 0.261 e. The van der Waals surface area contributed by atoms with Gasteiger partial charge in [-0.1, -0.05) is 48.2 Å². The van der Waals surface area contributed by atoms with Gasteiger partial charge < -0.3 is 0 Å². The molecule has 0 fully saturated rings. The molecule has 0 saturated carbocycles. The second kappa shape index (κ2) is 9.38. The third-order valence-electron chi connectivity index (χ3n) is 6.42. The Kier molecular flexibility index (Phi) is 6.07. The number of thiazole rings is 1. The van der Waals surface area contributed by atoms with Gasteiger partial charge in [-0.05, 0) is 67.6 Å². The summed E-state index contributed by atoms with van der Waals surface area (Å²) in [4.78, 5) is 18.2. The number of benzene rings is 3. The molecule has 2 aromatic heterocycles. The van der Waals surface area contributed by atoms with E-state index in [2.05, 4.69) is 15.8 Å². The van der Waals surface area contributed by atoms with Crippen LogP contribution in [0.15, 0.2) is 82.0 Å². The predicted molar refractivity (Wildman–Crippen MR) is 147 cm³/mol. The molecule has 0 aliphatic heterocycles. The number of rotatable bonds is 6. The maximum atomic E-state index is 13.4. The first kappa shape index (κ1) is 23.3.